The number of nitrogens with two attached hydrogens (primary N) is 1. The Labute approximate surface area is 224 Å². The fraction of sp³-hybridized carbons (Fsp3) is 0.280. The molecule has 0 atom stereocenters. The molecular weight excluding hydrogens is 589 g/mol. The highest BCUT2D eigenvalue weighted by atomic mass is 79.9. The molecule has 4 aromatic rings. The number of carbonyl (C=O) groups is 1. The van der Waals surface area contributed by atoms with E-state index in [1.807, 2.05) is 23.6 Å². The Balaban J connectivity index is 1.52. The minimum absolute atomic E-state index is 0.113. The van der Waals surface area contributed by atoms with Gasteiger partial charge in [-0.05, 0) is 64.7 Å². The molecule has 0 radical (unpaired) electrons. The summed E-state index contributed by atoms with van der Waals surface area (Å²) in [7, 11) is -5.66. The molecule has 5 rings (SSSR count). The van der Waals surface area contributed by atoms with Gasteiger partial charge in [-0.3, -0.25) is 9.52 Å². The molecule has 0 bridgehead atoms. The van der Waals surface area contributed by atoms with Gasteiger partial charge in [0.05, 0.1) is 11.4 Å². The molecule has 0 aliphatic heterocycles. The van der Waals surface area contributed by atoms with Crippen molar-refractivity contribution in [2.75, 3.05) is 4.72 Å². The topological polar surface area (TPSA) is 120 Å². The van der Waals surface area contributed by atoms with Gasteiger partial charge >= 0.3 is 15.5 Å². The predicted molar refractivity (Wildman–Crippen MR) is 139 cm³/mol. The van der Waals surface area contributed by atoms with Crippen molar-refractivity contribution in [2.45, 2.75) is 44.2 Å². The Kier molecular flexibility index (Phi) is 6.54. The minimum atomic E-state index is -5.66. The second kappa shape index (κ2) is 9.45. The Hall–Kier alpha value is -3.32. The molecule has 1 fully saturated rings. The second-order valence-corrected chi connectivity index (χ2v) is 11.6. The molecule has 0 spiro atoms. The standard InChI is InChI=1S/C25H22BrF3N4O4S/c1-2-20-31-21(14-7-8-14)23(24(30)34)33(20)12-13-6-9-18-15(10-13)11-19(37-18)16-4-3-5-17(26)22(16)32-38(35,36)25(27,28)29/h3-6,9-11,14,32H,2,7-8,12H2,1H3,(H2,30,34). The van der Waals surface area contributed by atoms with E-state index < -0.39 is 21.4 Å². The van der Waals surface area contributed by atoms with Crippen molar-refractivity contribution in [3.8, 4) is 11.3 Å². The summed E-state index contributed by atoms with van der Waals surface area (Å²) in [6.07, 6.45) is 2.56. The molecule has 1 aliphatic carbocycles. The molecule has 2 aromatic carbocycles. The van der Waals surface area contributed by atoms with Crippen LogP contribution in [-0.2, 0) is 23.0 Å². The van der Waals surface area contributed by atoms with Crippen molar-refractivity contribution in [3.63, 3.8) is 0 Å². The fourth-order valence-electron chi connectivity index (χ4n) is 4.39. The highest BCUT2D eigenvalue weighted by Crippen LogP contribution is 2.42. The molecule has 1 aliphatic rings. The van der Waals surface area contributed by atoms with Crippen LogP contribution < -0.4 is 10.5 Å². The molecular formula is C25H22BrF3N4O4S. The van der Waals surface area contributed by atoms with Crippen molar-refractivity contribution in [3.05, 3.63) is 69.7 Å². The van der Waals surface area contributed by atoms with Crippen LogP contribution in [0.15, 0.2) is 51.4 Å². The summed E-state index contributed by atoms with van der Waals surface area (Å²) >= 11 is 3.12. The summed E-state index contributed by atoms with van der Waals surface area (Å²) in [5.74, 6) is 0.639. The third-order valence-electron chi connectivity index (χ3n) is 6.33. The van der Waals surface area contributed by atoms with E-state index in [-0.39, 0.29) is 27.4 Å². The zero-order valence-corrected chi connectivity index (χ0v) is 22.4. The van der Waals surface area contributed by atoms with E-state index in [1.165, 1.54) is 12.1 Å². The molecule has 2 aromatic heterocycles. The van der Waals surface area contributed by atoms with Crippen molar-refractivity contribution < 1.29 is 30.8 Å². The first-order chi connectivity index (χ1) is 17.9. The maximum absolute atomic E-state index is 13.0. The lowest BCUT2D eigenvalue weighted by molar-refractivity contribution is -0.0429. The SMILES string of the molecule is CCc1nc(C2CC2)c(C(N)=O)n1Cc1ccc2oc(-c3cccc(Br)c3NS(=O)(=O)C(F)(F)F)cc2c1. The summed E-state index contributed by atoms with van der Waals surface area (Å²) in [5, 5.41) is 0.642. The number of anilines is 1. The van der Waals surface area contributed by atoms with E-state index in [0.717, 1.165) is 29.9 Å². The third kappa shape index (κ3) is 4.80. The number of fused-ring (bicyclic) bond motifs is 1. The first kappa shape index (κ1) is 26.3. The Morgan fingerprint density at radius 3 is 2.61 bits per heavy atom. The highest BCUT2D eigenvalue weighted by Gasteiger charge is 2.46. The molecule has 8 nitrogen and oxygen atoms in total. The van der Waals surface area contributed by atoms with Crippen LogP contribution in [0.4, 0.5) is 18.9 Å². The van der Waals surface area contributed by atoms with E-state index >= 15 is 0 Å². The van der Waals surface area contributed by atoms with E-state index in [4.69, 9.17) is 10.2 Å². The number of rotatable bonds is 8. The van der Waals surface area contributed by atoms with E-state index in [1.54, 1.807) is 22.9 Å². The molecule has 200 valence electrons. The van der Waals surface area contributed by atoms with E-state index in [2.05, 4.69) is 20.9 Å². The zero-order valence-electron chi connectivity index (χ0n) is 20.0. The van der Waals surface area contributed by atoms with Gasteiger partial charge in [-0.2, -0.15) is 21.6 Å². The number of benzene rings is 2. The minimum Gasteiger partial charge on any atom is -0.456 e. The molecule has 0 saturated heterocycles. The number of aromatic nitrogens is 2. The summed E-state index contributed by atoms with van der Waals surface area (Å²) in [4.78, 5) is 17.0. The number of nitrogens with one attached hydrogen (secondary N) is 1. The summed E-state index contributed by atoms with van der Waals surface area (Å²) < 4.78 is 72.1. The second-order valence-electron chi connectivity index (χ2n) is 9.04. The Bertz CT molecular complexity index is 1670. The Morgan fingerprint density at radius 1 is 1.24 bits per heavy atom. The molecule has 38 heavy (non-hydrogen) atoms. The number of hydrogen-bond donors (Lipinski definition) is 2. The quantitative estimate of drug-likeness (QED) is 0.257. The van der Waals surface area contributed by atoms with Gasteiger partial charge in [-0.15, -0.1) is 0 Å². The van der Waals surface area contributed by atoms with Crippen LogP contribution in [0.25, 0.3) is 22.3 Å². The number of carbonyl (C=O) groups excluding carboxylic acids is 1. The van der Waals surface area contributed by atoms with Crippen LogP contribution in [0.2, 0.25) is 0 Å². The number of imidazole rings is 1. The number of sulfonamides is 1. The number of furan rings is 1. The van der Waals surface area contributed by atoms with Crippen LogP contribution >= 0.6 is 15.9 Å². The summed E-state index contributed by atoms with van der Waals surface area (Å²) in [5.41, 5.74) is 2.48. The van der Waals surface area contributed by atoms with Gasteiger partial charge < -0.3 is 14.7 Å². The monoisotopic (exact) mass is 610 g/mol. The molecule has 3 N–H and O–H groups in total. The average molecular weight is 611 g/mol. The fourth-order valence-corrected chi connectivity index (χ4v) is 5.59. The molecule has 1 saturated carbocycles. The number of nitrogens with zero attached hydrogens (tertiary/aromatic N) is 2. The third-order valence-corrected chi connectivity index (χ3v) is 8.07. The lowest BCUT2D eigenvalue weighted by atomic mass is 10.1. The maximum Gasteiger partial charge on any atom is 0.516 e. The number of halogens is 4. The van der Waals surface area contributed by atoms with Gasteiger partial charge in [0.2, 0.25) is 0 Å². The van der Waals surface area contributed by atoms with Gasteiger partial charge in [0.25, 0.3) is 5.91 Å². The number of hydrogen-bond acceptors (Lipinski definition) is 5. The smallest absolute Gasteiger partial charge is 0.456 e. The summed E-state index contributed by atoms with van der Waals surface area (Å²) in [6, 6.07) is 11.4. The number of para-hydroxylation sites is 1. The van der Waals surface area contributed by atoms with Gasteiger partial charge in [-0.1, -0.05) is 19.1 Å². The van der Waals surface area contributed by atoms with E-state index in [0.29, 0.717) is 29.6 Å². The van der Waals surface area contributed by atoms with Crippen LogP contribution in [0.1, 0.15) is 53.3 Å². The number of alkyl halides is 3. The van der Waals surface area contributed by atoms with Crippen LogP contribution in [0, 0.1) is 0 Å². The molecule has 13 heteroatoms. The van der Waals surface area contributed by atoms with Gasteiger partial charge in [0, 0.05) is 34.3 Å². The van der Waals surface area contributed by atoms with Crippen molar-refractivity contribution in [2.24, 2.45) is 5.73 Å². The highest BCUT2D eigenvalue weighted by molar-refractivity contribution is 9.10. The van der Waals surface area contributed by atoms with Crippen molar-refractivity contribution >= 4 is 48.5 Å². The Morgan fingerprint density at radius 2 is 1.97 bits per heavy atom. The van der Waals surface area contributed by atoms with Gasteiger partial charge in [0.15, 0.2) is 0 Å². The first-order valence-corrected chi connectivity index (χ1v) is 14.0. The lowest BCUT2D eigenvalue weighted by Gasteiger charge is -2.14. The average Bonchev–Trinajstić information content (AvgIpc) is 3.49. The van der Waals surface area contributed by atoms with Crippen LogP contribution in [-0.4, -0.2) is 29.4 Å². The normalized spacial score (nSPS) is 14.2. The number of aryl methyl sites for hydroxylation is 1. The molecule has 0 unspecified atom stereocenters. The van der Waals surface area contributed by atoms with E-state index in [9.17, 15) is 26.4 Å². The van der Waals surface area contributed by atoms with Crippen molar-refractivity contribution in [1.29, 1.82) is 0 Å². The van der Waals surface area contributed by atoms with Crippen LogP contribution in [0.3, 0.4) is 0 Å². The maximum atomic E-state index is 13.0. The van der Waals surface area contributed by atoms with Crippen LogP contribution in [0.5, 0.6) is 0 Å². The number of amides is 1. The first-order valence-electron chi connectivity index (χ1n) is 11.7. The zero-order chi connectivity index (χ0) is 27.4. The largest absolute Gasteiger partial charge is 0.516 e. The summed E-state index contributed by atoms with van der Waals surface area (Å²) in [6.45, 7) is 2.29. The van der Waals surface area contributed by atoms with Gasteiger partial charge in [0.1, 0.15) is 22.9 Å². The van der Waals surface area contributed by atoms with Crippen molar-refractivity contribution in [1.82, 2.24) is 9.55 Å². The predicted octanol–water partition coefficient (Wildman–Crippen LogP) is 5.91. The molecule has 1 amide bonds. The number of primary amides is 1. The lowest BCUT2D eigenvalue weighted by Crippen LogP contribution is -2.30. The molecule has 2 heterocycles. The van der Waals surface area contributed by atoms with Gasteiger partial charge in [-0.25, -0.2) is 4.98 Å².